The topological polar surface area (TPSA) is 60.9 Å². The lowest BCUT2D eigenvalue weighted by Crippen LogP contribution is -2.45. The number of likely N-dealkylation sites (tertiary alicyclic amines) is 1. The standard InChI is InChI=1S/C14H22N2O3/c1-3-8-16(11-5-6-11)13(19)15-9-7-14(4-2,10-15)12(17)18/h3,11H,1,4-10H2,2H3,(H,17,18). The van der Waals surface area contributed by atoms with E-state index in [9.17, 15) is 14.7 Å². The third-order valence-electron chi connectivity index (χ3n) is 4.31. The number of hydrogen-bond donors (Lipinski definition) is 1. The van der Waals surface area contributed by atoms with E-state index in [0.717, 1.165) is 12.8 Å². The molecule has 0 aromatic carbocycles. The van der Waals surface area contributed by atoms with Gasteiger partial charge in [-0.15, -0.1) is 6.58 Å². The van der Waals surface area contributed by atoms with Crippen molar-refractivity contribution in [2.45, 2.75) is 38.6 Å². The Bertz CT molecular complexity index is 392. The molecule has 0 radical (unpaired) electrons. The number of rotatable bonds is 5. The predicted octanol–water partition coefficient (Wildman–Crippen LogP) is 1.94. The van der Waals surface area contributed by atoms with Gasteiger partial charge in [-0.3, -0.25) is 4.79 Å². The molecule has 1 atom stereocenters. The van der Waals surface area contributed by atoms with E-state index in [0.29, 0.717) is 38.5 Å². The molecular weight excluding hydrogens is 244 g/mol. The summed E-state index contributed by atoms with van der Waals surface area (Å²) >= 11 is 0. The highest BCUT2D eigenvalue weighted by atomic mass is 16.4. The molecule has 0 bridgehead atoms. The van der Waals surface area contributed by atoms with Gasteiger partial charge in [0.2, 0.25) is 0 Å². The lowest BCUT2D eigenvalue weighted by Gasteiger charge is -2.28. The molecule has 1 N–H and O–H groups in total. The van der Waals surface area contributed by atoms with E-state index in [1.807, 2.05) is 11.8 Å². The Morgan fingerprint density at radius 1 is 1.53 bits per heavy atom. The van der Waals surface area contributed by atoms with Gasteiger partial charge in [-0.25, -0.2) is 4.79 Å². The van der Waals surface area contributed by atoms with Crippen LogP contribution in [0, 0.1) is 5.41 Å². The van der Waals surface area contributed by atoms with Crippen LogP contribution in [0.1, 0.15) is 32.6 Å². The van der Waals surface area contributed by atoms with Crippen molar-refractivity contribution in [2.24, 2.45) is 5.41 Å². The van der Waals surface area contributed by atoms with Crippen molar-refractivity contribution in [3.05, 3.63) is 12.7 Å². The third-order valence-corrected chi connectivity index (χ3v) is 4.31. The second-order valence-electron chi connectivity index (χ2n) is 5.57. The van der Waals surface area contributed by atoms with Crippen LogP contribution in [-0.4, -0.2) is 52.6 Å². The van der Waals surface area contributed by atoms with E-state index in [1.54, 1.807) is 11.0 Å². The van der Waals surface area contributed by atoms with Crippen LogP contribution < -0.4 is 0 Å². The van der Waals surface area contributed by atoms with Crippen molar-refractivity contribution in [3.63, 3.8) is 0 Å². The first-order chi connectivity index (χ1) is 9.04. The number of amides is 2. The predicted molar refractivity (Wildman–Crippen MR) is 71.9 cm³/mol. The van der Waals surface area contributed by atoms with E-state index >= 15 is 0 Å². The molecule has 19 heavy (non-hydrogen) atoms. The van der Waals surface area contributed by atoms with E-state index < -0.39 is 11.4 Å². The number of aliphatic carboxylic acids is 1. The highest BCUT2D eigenvalue weighted by Crippen LogP contribution is 2.36. The van der Waals surface area contributed by atoms with Crippen molar-refractivity contribution < 1.29 is 14.7 Å². The molecule has 1 heterocycles. The summed E-state index contributed by atoms with van der Waals surface area (Å²) in [6.07, 6.45) is 4.95. The van der Waals surface area contributed by atoms with Gasteiger partial charge in [0.05, 0.1) is 5.41 Å². The van der Waals surface area contributed by atoms with Crippen LogP contribution in [0.2, 0.25) is 0 Å². The number of nitrogens with zero attached hydrogens (tertiary/aromatic N) is 2. The van der Waals surface area contributed by atoms with Crippen molar-refractivity contribution in [1.82, 2.24) is 9.80 Å². The van der Waals surface area contributed by atoms with Gasteiger partial charge in [0.1, 0.15) is 0 Å². The normalized spacial score (nSPS) is 26.3. The van der Waals surface area contributed by atoms with E-state index in [-0.39, 0.29) is 6.03 Å². The molecule has 2 amide bonds. The van der Waals surface area contributed by atoms with Crippen molar-refractivity contribution in [2.75, 3.05) is 19.6 Å². The lowest BCUT2D eigenvalue weighted by atomic mass is 9.84. The number of urea groups is 1. The lowest BCUT2D eigenvalue weighted by molar-refractivity contribution is -0.148. The van der Waals surface area contributed by atoms with Crippen LogP contribution in [0.5, 0.6) is 0 Å². The number of carbonyl (C=O) groups is 2. The quantitative estimate of drug-likeness (QED) is 0.774. The van der Waals surface area contributed by atoms with E-state index in [2.05, 4.69) is 6.58 Å². The Labute approximate surface area is 113 Å². The van der Waals surface area contributed by atoms with Crippen molar-refractivity contribution >= 4 is 12.0 Å². The van der Waals surface area contributed by atoms with Crippen molar-refractivity contribution in [1.29, 1.82) is 0 Å². The van der Waals surface area contributed by atoms with Crippen LogP contribution in [0.3, 0.4) is 0 Å². The molecule has 1 saturated heterocycles. The maximum Gasteiger partial charge on any atom is 0.320 e. The smallest absolute Gasteiger partial charge is 0.320 e. The summed E-state index contributed by atoms with van der Waals surface area (Å²) in [5.74, 6) is -0.785. The fourth-order valence-electron chi connectivity index (χ4n) is 2.74. The highest BCUT2D eigenvalue weighted by molar-refractivity contribution is 5.80. The molecule has 106 valence electrons. The SMILES string of the molecule is C=CCN(C(=O)N1CCC(CC)(C(=O)O)C1)C1CC1. The number of hydrogen-bond acceptors (Lipinski definition) is 2. The van der Waals surface area contributed by atoms with Gasteiger partial charge < -0.3 is 14.9 Å². The molecule has 0 spiro atoms. The molecule has 5 nitrogen and oxygen atoms in total. The molecule has 0 aromatic heterocycles. The minimum absolute atomic E-state index is 0.0287. The molecule has 2 aliphatic rings. The average Bonchev–Trinajstić information content (AvgIpc) is 3.13. The van der Waals surface area contributed by atoms with Crippen LogP contribution in [0.25, 0.3) is 0 Å². The van der Waals surface area contributed by atoms with Gasteiger partial charge in [0.25, 0.3) is 0 Å². The van der Waals surface area contributed by atoms with Gasteiger partial charge in [0, 0.05) is 25.7 Å². The maximum atomic E-state index is 12.5. The number of carboxylic acid groups (broad SMARTS) is 1. The molecule has 2 rings (SSSR count). The first-order valence-electron chi connectivity index (χ1n) is 6.94. The van der Waals surface area contributed by atoms with Crippen LogP contribution in [-0.2, 0) is 4.79 Å². The first kappa shape index (κ1) is 13.9. The largest absolute Gasteiger partial charge is 0.481 e. The fourth-order valence-corrected chi connectivity index (χ4v) is 2.74. The Morgan fingerprint density at radius 3 is 2.63 bits per heavy atom. The van der Waals surface area contributed by atoms with Crippen molar-refractivity contribution in [3.8, 4) is 0 Å². The highest BCUT2D eigenvalue weighted by Gasteiger charge is 2.46. The molecule has 0 aromatic rings. The summed E-state index contributed by atoms with van der Waals surface area (Å²) in [5, 5.41) is 9.36. The van der Waals surface area contributed by atoms with Gasteiger partial charge in [-0.05, 0) is 25.7 Å². The van der Waals surface area contributed by atoms with Gasteiger partial charge in [0.15, 0.2) is 0 Å². The summed E-state index contributed by atoms with van der Waals surface area (Å²) in [7, 11) is 0. The molecular formula is C14H22N2O3. The molecule has 5 heteroatoms. The first-order valence-corrected chi connectivity index (χ1v) is 6.94. The Kier molecular flexibility index (Phi) is 3.83. The monoisotopic (exact) mass is 266 g/mol. The van der Waals surface area contributed by atoms with Gasteiger partial charge in [-0.2, -0.15) is 0 Å². The molecule has 1 aliphatic heterocycles. The Balaban J connectivity index is 2.04. The zero-order chi connectivity index (χ0) is 14.0. The zero-order valence-electron chi connectivity index (χ0n) is 11.5. The maximum absolute atomic E-state index is 12.5. The minimum Gasteiger partial charge on any atom is -0.481 e. The second kappa shape index (κ2) is 5.23. The zero-order valence-corrected chi connectivity index (χ0v) is 11.5. The van der Waals surface area contributed by atoms with Gasteiger partial charge >= 0.3 is 12.0 Å². The summed E-state index contributed by atoms with van der Waals surface area (Å²) in [6.45, 7) is 6.99. The summed E-state index contributed by atoms with van der Waals surface area (Å²) in [6, 6.07) is 0.297. The average molecular weight is 266 g/mol. The number of carbonyl (C=O) groups excluding carboxylic acids is 1. The van der Waals surface area contributed by atoms with Gasteiger partial charge in [-0.1, -0.05) is 13.0 Å². The summed E-state index contributed by atoms with van der Waals surface area (Å²) in [5.41, 5.74) is -0.751. The summed E-state index contributed by atoms with van der Waals surface area (Å²) < 4.78 is 0. The van der Waals surface area contributed by atoms with E-state index in [1.165, 1.54) is 0 Å². The second-order valence-corrected chi connectivity index (χ2v) is 5.57. The molecule has 1 unspecified atom stereocenters. The number of carboxylic acids is 1. The Morgan fingerprint density at radius 2 is 2.21 bits per heavy atom. The molecule has 1 saturated carbocycles. The fraction of sp³-hybridized carbons (Fsp3) is 0.714. The third kappa shape index (κ3) is 2.60. The summed E-state index contributed by atoms with van der Waals surface area (Å²) in [4.78, 5) is 27.4. The van der Waals surface area contributed by atoms with Crippen LogP contribution >= 0.6 is 0 Å². The molecule has 2 fully saturated rings. The molecule has 1 aliphatic carbocycles. The van der Waals surface area contributed by atoms with Crippen LogP contribution in [0.15, 0.2) is 12.7 Å². The Hall–Kier alpha value is -1.52. The van der Waals surface area contributed by atoms with Crippen LogP contribution in [0.4, 0.5) is 4.79 Å². The van der Waals surface area contributed by atoms with E-state index in [4.69, 9.17) is 0 Å². The minimum atomic E-state index is -0.785.